The van der Waals surface area contributed by atoms with Crippen molar-refractivity contribution in [3.05, 3.63) is 65.5 Å². The Bertz CT molecular complexity index is 598. The zero-order valence-corrected chi connectivity index (χ0v) is 11.2. The van der Waals surface area contributed by atoms with Crippen LogP contribution in [-0.2, 0) is 13.0 Å². The van der Waals surface area contributed by atoms with E-state index >= 15 is 0 Å². The monoisotopic (exact) mass is 267 g/mol. The molecule has 4 nitrogen and oxygen atoms in total. The van der Waals surface area contributed by atoms with E-state index in [1.54, 1.807) is 6.20 Å². The molecule has 0 fully saturated rings. The number of nitrogens with one attached hydrogen (secondary N) is 2. The first-order valence-electron chi connectivity index (χ1n) is 6.85. The maximum atomic E-state index is 11.9. The first kappa shape index (κ1) is 12.7. The molecule has 4 heteroatoms. The lowest BCUT2D eigenvalue weighted by Crippen LogP contribution is -2.37. The first-order valence-corrected chi connectivity index (χ1v) is 6.85. The quantitative estimate of drug-likeness (QED) is 0.898. The van der Waals surface area contributed by atoms with Gasteiger partial charge in [0.05, 0.1) is 18.3 Å². The minimum atomic E-state index is -0.141. The van der Waals surface area contributed by atoms with E-state index < -0.39 is 0 Å². The van der Waals surface area contributed by atoms with E-state index in [1.807, 2.05) is 30.3 Å². The van der Waals surface area contributed by atoms with Crippen LogP contribution in [0.25, 0.3) is 0 Å². The van der Waals surface area contributed by atoms with Crippen LogP contribution in [0.5, 0.6) is 0 Å². The van der Waals surface area contributed by atoms with E-state index in [1.165, 1.54) is 11.1 Å². The molecule has 1 aliphatic rings. The normalized spacial score (nSPS) is 16.5. The summed E-state index contributed by atoms with van der Waals surface area (Å²) in [5.74, 6) is 0. The van der Waals surface area contributed by atoms with Gasteiger partial charge in [0.25, 0.3) is 0 Å². The van der Waals surface area contributed by atoms with Gasteiger partial charge in [0.2, 0.25) is 0 Å². The standard InChI is InChI=1S/C16H17N3O/c20-16(18-11-13-6-3-4-10-17-13)19-15-9-8-12-5-1-2-7-14(12)15/h1-7,10,15H,8-9,11H2,(H2,18,19,20). The van der Waals surface area contributed by atoms with Crippen LogP contribution in [-0.4, -0.2) is 11.0 Å². The summed E-state index contributed by atoms with van der Waals surface area (Å²) in [6, 6.07) is 13.9. The highest BCUT2D eigenvalue weighted by atomic mass is 16.2. The summed E-state index contributed by atoms with van der Waals surface area (Å²) >= 11 is 0. The molecule has 1 heterocycles. The minimum Gasteiger partial charge on any atom is -0.332 e. The molecule has 1 atom stereocenters. The number of rotatable bonds is 3. The number of nitrogens with zero attached hydrogens (tertiary/aromatic N) is 1. The number of hydrogen-bond donors (Lipinski definition) is 2. The molecule has 0 saturated heterocycles. The molecule has 0 bridgehead atoms. The lowest BCUT2D eigenvalue weighted by molar-refractivity contribution is 0.236. The first-order chi connectivity index (χ1) is 9.83. The summed E-state index contributed by atoms with van der Waals surface area (Å²) in [5.41, 5.74) is 3.43. The van der Waals surface area contributed by atoms with Crippen LogP contribution in [0.2, 0.25) is 0 Å². The Balaban J connectivity index is 1.55. The molecule has 1 aromatic carbocycles. The number of hydrogen-bond acceptors (Lipinski definition) is 2. The summed E-state index contributed by atoms with van der Waals surface area (Å²) < 4.78 is 0. The fourth-order valence-electron chi connectivity index (χ4n) is 2.59. The average Bonchev–Trinajstić information content (AvgIpc) is 2.90. The molecule has 0 aliphatic heterocycles. The van der Waals surface area contributed by atoms with Crippen molar-refractivity contribution >= 4 is 6.03 Å². The van der Waals surface area contributed by atoms with E-state index in [-0.39, 0.29) is 12.1 Å². The second-order valence-corrected chi connectivity index (χ2v) is 4.94. The van der Waals surface area contributed by atoms with Gasteiger partial charge in [-0.3, -0.25) is 4.98 Å². The summed E-state index contributed by atoms with van der Waals surface area (Å²) in [4.78, 5) is 16.1. The van der Waals surface area contributed by atoms with Crippen molar-refractivity contribution in [1.82, 2.24) is 15.6 Å². The number of carbonyl (C=O) groups is 1. The van der Waals surface area contributed by atoms with Crippen molar-refractivity contribution in [3.63, 3.8) is 0 Å². The van der Waals surface area contributed by atoms with Crippen molar-refractivity contribution in [3.8, 4) is 0 Å². The smallest absolute Gasteiger partial charge is 0.315 e. The van der Waals surface area contributed by atoms with Crippen molar-refractivity contribution in [2.24, 2.45) is 0 Å². The van der Waals surface area contributed by atoms with E-state index in [2.05, 4.69) is 27.8 Å². The predicted molar refractivity (Wildman–Crippen MR) is 77.1 cm³/mol. The van der Waals surface area contributed by atoms with Crippen molar-refractivity contribution in [1.29, 1.82) is 0 Å². The number of carbonyl (C=O) groups excluding carboxylic acids is 1. The van der Waals surface area contributed by atoms with Crippen molar-refractivity contribution in [2.75, 3.05) is 0 Å². The minimum absolute atomic E-state index is 0.120. The number of benzene rings is 1. The molecule has 2 N–H and O–H groups in total. The molecule has 0 saturated carbocycles. The van der Waals surface area contributed by atoms with Crippen LogP contribution in [0.3, 0.4) is 0 Å². The van der Waals surface area contributed by atoms with Gasteiger partial charge in [-0.1, -0.05) is 30.3 Å². The Morgan fingerprint density at radius 2 is 2.05 bits per heavy atom. The molecule has 1 aliphatic carbocycles. The highest BCUT2D eigenvalue weighted by molar-refractivity contribution is 5.74. The average molecular weight is 267 g/mol. The van der Waals surface area contributed by atoms with Gasteiger partial charge in [0.1, 0.15) is 0 Å². The molecule has 0 spiro atoms. The van der Waals surface area contributed by atoms with Crippen LogP contribution in [0, 0.1) is 0 Å². The third-order valence-electron chi connectivity index (χ3n) is 3.59. The maximum Gasteiger partial charge on any atom is 0.315 e. The maximum absolute atomic E-state index is 11.9. The highest BCUT2D eigenvalue weighted by Crippen LogP contribution is 2.30. The van der Waals surface area contributed by atoms with Gasteiger partial charge in [0, 0.05) is 6.20 Å². The molecule has 1 aromatic heterocycles. The number of fused-ring (bicyclic) bond motifs is 1. The lowest BCUT2D eigenvalue weighted by atomic mass is 10.1. The zero-order chi connectivity index (χ0) is 13.8. The Kier molecular flexibility index (Phi) is 3.63. The molecule has 2 amide bonds. The Morgan fingerprint density at radius 1 is 1.20 bits per heavy atom. The second kappa shape index (κ2) is 5.74. The van der Waals surface area contributed by atoms with E-state index in [4.69, 9.17) is 0 Å². The summed E-state index contributed by atoms with van der Waals surface area (Å²) in [6.45, 7) is 0.445. The molecule has 0 radical (unpaired) electrons. The van der Waals surface area contributed by atoms with Crippen LogP contribution in [0.4, 0.5) is 4.79 Å². The predicted octanol–water partition coefficient (Wildman–Crippen LogP) is 2.57. The van der Waals surface area contributed by atoms with Gasteiger partial charge in [-0.25, -0.2) is 4.79 Å². The summed E-state index contributed by atoms with van der Waals surface area (Å²) in [5, 5.41) is 5.87. The molecule has 3 rings (SSSR count). The van der Waals surface area contributed by atoms with Gasteiger partial charge in [0.15, 0.2) is 0 Å². The van der Waals surface area contributed by atoms with Crippen LogP contribution in [0.15, 0.2) is 48.7 Å². The molecular weight excluding hydrogens is 250 g/mol. The van der Waals surface area contributed by atoms with Crippen LogP contribution < -0.4 is 10.6 Å². The van der Waals surface area contributed by atoms with Gasteiger partial charge < -0.3 is 10.6 Å². The fourth-order valence-corrected chi connectivity index (χ4v) is 2.59. The fraction of sp³-hybridized carbons (Fsp3) is 0.250. The van der Waals surface area contributed by atoms with Crippen molar-refractivity contribution in [2.45, 2.75) is 25.4 Å². The van der Waals surface area contributed by atoms with Gasteiger partial charge in [-0.15, -0.1) is 0 Å². The number of aromatic nitrogens is 1. The lowest BCUT2D eigenvalue weighted by Gasteiger charge is -2.14. The summed E-state index contributed by atoms with van der Waals surface area (Å²) in [7, 11) is 0. The van der Waals surface area contributed by atoms with Crippen LogP contribution in [0.1, 0.15) is 29.3 Å². The largest absolute Gasteiger partial charge is 0.332 e. The summed E-state index contributed by atoms with van der Waals surface area (Å²) in [6.07, 6.45) is 3.72. The zero-order valence-electron chi connectivity index (χ0n) is 11.2. The highest BCUT2D eigenvalue weighted by Gasteiger charge is 2.23. The molecule has 102 valence electrons. The Labute approximate surface area is 118 Å². The van der Waals surface area contributed by atoms with E-state index in [9.17, 15) is 4.79 Å². The Hall–Kier alpha value is -2.36. The molecule has 2 aromatic rings. The molecule has 1 unspecified atom stereocenters. The van der Waals surface area contributed by atoms with Crippen molar-refractivity contribution < 1.29 is 4.79 Å². The van der Waals surface area contributed by atoms with E-state index in [0.717, 1.165) is 18.5 Å². The second-order valence-electron chi connectivity index (χ2n) is 4.94. The van der Waals surface area contributed by atoms with E-state index in [0.29, 0.717) is 6.54 Å². The SMILES string of the molecule is O=C(NCc1ccccn1)NC1CCc2ccccc21. The van der Waals surface area contributed by atoms with Gasteiger partial charge >= 0.3 is 6.03 Å². The van der Waals surface area contributed by atoms with Gasteiger partial charge in [-0.2, -0.15) is 0 Å². The third kappa shape index (κ3) is 2.79. The topological polar surface area (TPSA) is 54.0 Å². The Morgan fingerprint density at radius 3 is 2.90 bits per heavy atom. The molecular formula is C16H17N3O. The number of amides is 2. The molecule has 20 heavy (non-hydrogen) atoms. The number of urea groups is 1. The van der Waals surface area contributed by atoms with Gasteiger partial charge in [-0.05, 0) is 36.1 Å². The van der Waals surface area contributed by atoms with Crippen LogP contribution >= 0.6 is 0 Å². The number of pyridine rings is 1. The number of aryl methyl sites for hydroxylation is 1. The third-order valence-corrected chi connectivity index (χ3v) is 3.59.